The van der Waals surface area contributed by atoms with E-state index < -0.39 is 45.4 Å². The van der Waals surface area contributed by atoms with Crippen LogP contribution in [0.3, 0.4) is 0 Å². The first-order valence-electron chi connectivity index (χ1n) is 23.5. The Kier molecular flexibility index (Phi) is 15.2. The Bertz CT molecular complexity index is 3180. The number of anilines is 3. The monoisotopic (exact) mass is 1050 g/mol. The molecule has 1 unspecified atom stereocenters. The van der Waals surface area contributed by atoms with Crippen molar-refractivity contribution in [2.75, 3.05) is 56.3 Å². The Labute approximate surface area is 436 Å². The molecule has 8 aromatic rings. The lowest BCUT2D eigenvalue weighted by Crippen LogP contribution is -2.33. The highest BCUT2D eigenvalue weighted by Crippen LogP contribution is 2.51. The van der Waals surface area contributed by atoms with Crippen molar-refractivity contribution in [3.8, 4) is 40.0 Å². The summed E-state index contributed by atoms with van der Waals surface area (Å²) in [6.45, 7) is 4.73. The van der Waals surface area contributed by atoms with Crippen molar-refractivity contribution < 1.29 is 41.2 Å². The normalized spacial score (nSPS) is 12.7. The van der Waals surface area contributed by atoms with Crippen LogP contribution in [0.4, 0.5) is 35.0 Å². The Balaban J connectivity index is 1.16. The summed E-state index contributed by atoms with van der Waals surface area (Å²) in [5, 5.41) is -0.753. The summed E-state index contributed by atoms with van der Waals surface area (Å²) in [7, 11) is 6.34. The van der Waals surface area contributed by atoms with Gasteiger partial charge in [-0.15, -0.1) is 0 Å². The van der Waals surface area contributed by atoms with E-state index in [1.54, 1.807) is 63.8 Å². The molecule has 1 atom stereocenters. The van der Waals surface area contributed by atoms with Gasteiger partial charge < -0.3 is 38.4 Å². The minimum Gasteiger partial charge on any atom is -0.497 e. The van der Waals surface area contributed by atoms with E-state index in [2.05, 4.69) is 19.9 Å². The number of methoxy groups -OCH3 is 4. The number of benzene rings is 5. The second-order valence-corrected chi connectivity index (χ2v) is 18.3. The first kappa shape index (κ1) is 51.3. The highest BCUT2D eigenvalue weighted by molar-refractivity contribution is 6.37. The molecule has 3 aromatic heterocycles. The summed E-state index contributed by atoms with van der Waals surface area (Å²) < 4.78 is 92.3. The quantitative estimate of drug-likeness (QED) is 0.0640. The third kappa shape index (κ3) is 10.7. The van der Waals surface area contributed by atoms with E-state index in [-0.39, 0.29) is 59.9 Å². The lowest BCUT2D eigenvalue weighted by Gasteiger charge is -2.33. The predicted molar refractivity (Wildman–Crippen MR) is 280 cm³/mol. The first-order valence-corrected chi connectivity index (χ1v) is 24.3. The van der Waals surface area contributed by atoms with Crippen molar-refractivity contribution in [1.82, 2.24) is 19.9 Å². The zero-order valence-electron chi connectivity index (χ0n) is 41.3. The van der Waals surface area contributed by atoms with E-state index in [1.165, 1.54) is 13.0 Å². The highest BCUT2D eigenvalue weighted by Gasteiger charge is 2.41. The van der Waals surface area contributed by atoms with Gasteiger partial charge in [0.1, 0.15) is 52.6 Å². The topological polar surface area (TPSA) is 107 Å². The molecule has 0 radical (unpaired) electrons. The maximum atomic E-state index is 17.9. The Morgan fingerprint density at radius 2 is 1.18 bits per heavy atom. The standard InChI is InChI=1S/C56H51Cl2F4N7O5/c1-33-28-44(67(29-35-9-17-39(70-3)18-10-35)30-36-11-19-40(71-4)20-12-36)64-50(47(33)56(60,61)62)45-48(57)52-46-51(49(45)59)65-55(58)66-54(46)69(26-27-74-52)34(2)43-8-7-25-63-53(43)68(31-37-13-21-41(72-5)22-14-37)32-38-15-23-42(73-6)24-16-38/h7-25,28,34H,26-27,29-32H2,1-6H3. The second kappa shape index (κ2) is 21.9. The maximum Gasteiger partial charge on any atom is 0.418 e. The highest BCUT2D eigenvalue weighted by atomic mass is 35.5. The van der Waals surface area contributed by atoms with Gasteiger partial charge in [-0.1, -0.05) is 66.2 Å². The van der Waals surface area contributed by atoms with E-state index in [4.69, 9.17) is 51.9 Å². The SMILES string of the molecule is COc1ccc(CN(Cc2ccc(OC)cc2)c2cc(C)c(C(F)(F)F)c(-c3c(Cl)c4c5c(nc(Cl)nc5c3F)N(C(C)c3cccnc3N(Cc3ccc(OC)cc3)Cc3ccc(OC)cc3)CCO4)n2)cc1. The molecule has 0 amide bonds. The average molecular weight is 1050 g/mol. The Morgan fingerprint density at radius 3 is 1.65 bits per heavy atom. The van der Waals surface area contributed by atoms with E-state index in [9.17, 15) is 0 Å². The van der Waals surface area contributed by atoms with Crippen LogP contribution in [0.1, 0.15) is 51.9 Å². The van der Waals surface area contributed by atoms with E-state index in [0.29, 0.717) is 30.4 Å². The molecule has 0 saturated heterocycles. The van der Waals surface area contributed by atoms with Crippen LogP contribution >= 0.6 is 23.2 Å². The third-order valence-corrected chi connectivity index (χ3v) is 13.5. The molecule has 0 bridgehead atoms. The summed E-state index contributed by atoms with van der Waals surface area (Å²) in [5.74, 6) is 2.35. The summed E-state index contributed by atoms with van der Waals surface area (Å²) in [6.07, 6.45) is -3.28. The fourth-order valence-corrected chi connectivity index (χ4v) is 9.75. The Morgan fingerprint density at radius 1 is 0.689 bits per heavy atom. The number of hydrogen-bond acceptors (Lipinski definition) is 12. The lowest BCUT2D eigenvalue weighted by molar-refractivity contribution is -0.137. The van der Waals surface area contributed by atoms with Crippen LogP contribution in [0, 0.1) is 12.7 Å². The molecule has 18 heteroatoms. The number of aromatic nitrogens is 4. The number of halogens is 6. The molecule has 0 spiro atoms. The van der Waals surface area contributed by atoms with Gasteiger partial charge in [0.25, 0.3) is 0 Å². The summed E-state index contributed by atoms with van der Waals surface area (Å²) in [6, 6.07) is 34.7. The molecule has 5 aromatic carbocycles. The van der Waals surface area contributed by atoms with Crippen LogP contribution in [0.2, 0.25) is 10.3 Å². The van der Waals surface area contributed by atoms with Crippen LogP contribution in [-0.4, -0.2) is 61.5 Å². The molecule has 0 fully saturated rings. The van der Waals surface area contributed by atoms with Gasteiger partial charge in [-0.3, -0.25) is 0 Å². The fraction of sp³-hybridized carbons (Fsp3) is 0.250. The zero-order valence-corrected chi connectivity index (χ0v) is 42.8. The van der Waals surface area contributed by atoms with Gasteiger partial charge in [-0.25, -0.2) is 19.3 Å². The van der Waals surface area contributed by atoms with Gasteiger partial charge in [-0.2, -0.15) is 18.2 Å². The van der Waals surface area contributed by atoms with Crippen molar-refractivity contribution in [2.24, 2.45) is 0 Å². The van der Waals surface area contributed by atoms with Gasteiger partial charge in [0.2, 0.25) is 5.28 Å². The average Bonchev–Trinajstić information content (AvgIpc) is 3.61. The molecule has 1 aliphatic heterocycles. The van der Waals surface area contributed by atoms with Gasteiger partial charge >= 0.3 is 6.18 Å². The van der Waals surface area contributed by atoms with Crippen LogP contribution in [-0.2, 0) is 32.4 Å². The van der Waals surface area contributed by atoms with Crippen LogP contribution in [0.25, 0.3) is 22.2 Å². The minimum atomic E-state index is -5.00. The number of pyridine rings is 2. The Hall–Kier alpha value is -7.56. The molecule has 9 rings (SSSR count). The number of hydrogen-bond donors (Lipinski definition) is 0. The van der Waals surface area contributed by atoms with Crippen LogP contribution in [0.5, 0.6) is 28.7 Å². The lowest BCUT2D eigenvalue weighted by atomic mass is 9.98. The number of rotatable bonds is 17. The van der Waals surface area contributed by atoms with E-state index in [1.807, 2.05) is 96.8 Å². The van der Waals surface area contributed by atoms with E-state index >= 15 is 17.6 Å². The van der Waals surface area contributed by atoms with Crippen molar-refractivity contribution in [2.45, 2.75) is 52.2 Å². The molecular formula is C56H51Cl2F4N7O5. The maximum absolute atomic E-state index is 17.9. The molecule has 0 N–H and O–H groups in total. The largest absolute Gasteiger partial charge is 0.497 e. The molecule has 0 aliphatic carbocycles. The number of ether oxygens (including phenoxy) is 5. The molecule has 0 saturated carbocycles. The van der Waals surface area contributed by atoms with Crippen LogP contribution < -0.4 is 38.4 Å². The van der Waals surface area contributed by atoms with Crippen molar-refractivity contribution >= 4 is 51.6 Å². The van der Waals surface area contributed by atoms with Gasteiger partial charge in [0.15, 0.2) is 11.6 Å². The summed E-state index contributed by atoms with van der Waals surface area (Å²) in [4.78, 5) is 24.4. The van der Waals surface area contributed by atoms with Crippen molar-refractivity contribution in [3.05, 3.63) is 177 Å². The van der Waals surface area contributed by atoms with Gasteiger partial charge in [-0.05, 0) is 114 Å². The third-order valence-electron chi connectivity index (χ3n) is 13.0. The zero-order chi connectivity index (χ0) is 52.3. The van der Waals surface area contributed by atoms with Crippen LogP contribution in [0.15, 0.2) is 121 Å². The summed E-state index contributed by atoms with van der Waals surface area (Å²) >= 11 is 13.9. The van der Waals surface area contributed by atoms with Gasteiger partial charge in [0, 0.05) is 37.9 Å². The molecule has 1 aliphatic rings. The molecule has 382 valence electrons. The minimum absolute atomic E-state index is 0.0332. The first-order chi connectivity index (χ1) is 35.7. The smallest absolute Gasteiger partial charge is 0.418 e. The summed E-state index contributed by atoms with van der Waals surface area (Å²) in [5.41, 5.74) is 1.21. The second-order valence-electron chi connectivity index (χ2n) is 17.6. The fourth-order valence-electron chi connectivity index (χ4n) is 9.26. The predicted octanol–water partition coefficient (Wildman–Crippen LogP) is 13.3. The molecule has 12 nitrogen and oxygen atoms in total. The number of alkyl halides is 3. The molecule has 4 heterocycles. The number of aryl methyl sites for hydroxylation is 1. The van der Waals surface area contributed by atoms with Gasteiger partial charge in [0.05, 0.1) is 68.3 Å². The molecular weight excluding hydrogens is 998 g/mol. The van der Waals surface area contributed by atoms with Crippen molar-refractivity contribution in [1.29, 1.82) is 0 Å². The number of nitrogens with zero attached hydrogens (tertiary/aromatic N) is 7. The van der Waals surface area contributed by atoms with Crippen molar-refractivity contribution in [3.63, 3.8) is 0 Å². The van der Waals surface area contributed by atoms with E-state index in [0.717, 1.165) is 39.3 Å². The molecule has 74 heavy (non-hydrogen) atoms.